The first-order valence-corrected chi connectivity index (χ1v) is 12.8. The maximum atomic E-state index is 12.9. The largest absolute Gasteiger partial charge is 0.378 e. The fourth-order valence-corrected chi connectivity index (χ4v) is 6.66. The molecule has 4 unspecified atom stereocenters. The Morgan fingerprint density at radius 1 is 1.16 bits per heavy atom. The van der Waals surface area contributed by atoms with Crippen molar-refractivity contribution in [2.75, 3.05) is 18.5 Å². The molecule has 8 heteroatoms. The lowest BCUT2D eigenvalue weighted by atomic mass is 9.77. The smallest absolute Gasteiger partial charge is 0.240 e. The molecule has 2 aromatic rings. The van der Waals surface area contributed by atoms with Crippen LogP contribution in [0.3, 0.4) is 0 Å². The molecule has 2 heterocycles. The molecule has 0 saturated carbocycles. The van der Waals surface area contributed by atoms with Gasteiger partial charge in [-0.1, -0.05) is 41.4 Å². The Hall–Kier alpha value is -1.57. The molecule has 0 bridgehead atoms. The van der Waals surface area contributed by atoms with Crippen LogP contribution in [-0.4, -0.2) is 27.7 Å². The molecule has 2 aliphatic heterocycles. The molecular formula is C23H24Cl2N2O3S. The topological polar surface area (TPSA) is 67.4 Å². The zero-order chi connectivity index (χ0) is 21.6. The van der Waals surface area contributed by atoms with E-state index in [1.54, 1.807) is 12.1 Å². The van der Waals surface area contributed by atoms with Gasteiger partial charge in [-0.2, -0.15) is 0 Å². The number of hydrogen-bond donors (Lipinski definition) is 2. The van der Waals surface area contributed by atoms with Crippen LogP contribution in [0, 0.1) is 5.92 Å². The number of ether oxygens (including phenoxy) is 1. The SMILES string of the molecule is O=S(=O)(NCC1CCCO1)c1ccc2c(c1)C1C=CCC1C(c1c(Cl)cccc1Cl)N2. The molecule has 5 nitrogen and oxygen atoms in total. The summed E-state index contributed by atoms with van der Waals surface area (Å²) < 4.78 is 34.0. The Kier molecular flexibility index (Phi) is 5.78. The van der Waals surface area contributed by atoms with E-state index >= 15 is 0 Å². The molecule has 1 fully saturated rings. The van der Waals surface area contributed by atoms with E-state index in [0.29, 0.717) is 23.2 Å². The molecule has 3 aliphatic rings. The van der Waals surface area contributed by atoms with Crippen molar-refractivity contribution in [3.63, 3.8) is 0 Å². The van der Waals surface area contributed by atoms with E-state index in [1.165, 1.54) is 0 Å². The molecule has 0 radical (unpaired) electrons. The molecule has 0 spiro atoms. The van der Waals surface area contributed by atoms with Crippen LogP contribution in [0.25, 0.3) is 0 Å². The monoisotopic (exact) mass is 478 g/mol. The normalized spacial score (nSPS) is 27.0. The van der Waals surface area contributed by atoms with Crippen LogP contribution >= 0.6 is 23.2 Å². The van der Waals surface area contributed by atoms with Gasteiger partial charge in [0.15, 0.2) is 0 Å². The minimum absolute atomic E-state index is 0.0441. The highest BCUT2D eigenvalue weighted by Gasteiger charge is 2.40. The van der Waals surface area contributed by atoms with E-state index in [2.05, 4.69) is 22.2 Å². The molecule has 1 aliphatic carbocycles. The lowest BCUT2D eigenvalue weighted by Crippen LogP contribution is -2.32. The lowest BCUT2D eigenvalue weighted by molar-refractivity contribution is 0.114. The summed E-state index contributed by atoms with van der Waals surface area (Å²) >= 11 is 13.0. The van der Waals surface area contributed by atoms with Crippen molar-refractivity contribution in [1.82, 2.24) is 4.72 Å². The van der Waals surface area contributed by atoms with E-state index in [0.717, 1.165) is 36.1 Å². The number of sulfonamides is 1. The Morgan fingerprint density at radius 2 is 1.97 bits per heavy atom. The van der Waals surface area contributed by atoms with Crippen molar-refractivity contribution in [3.05, 3.63) is 69.7 Å². The second-order valence-corrected chi connectivity index (χ2v) is 10.9. The van der Waals surface area contributed by atoms with Gasteiger partial charge in [0.05, 0.1) is 17.0 Å². The summed E-state index contributed by atoms with van der Waals surface area (Å²) in [5.41, 5.74) is 2.79. The van der Waals surface area contributed by atoms with Crippen LogP contribution < -0.4 is 10.0 Å². The molecule has 2 N–H and O–H groups in total. The molecule has 4 atom stereocenters. The first-order chi connectivity index (χ1) is 14.9. The van der Waals surface area contributed by atoms with Gasteiger partial charge in [0.2, 0.25) is 10.0 Å². The van der Waals surface area contributed by atoms with E-state index in [4.69, 9.17) is 27.9 Å². The fourth-order valence-electron chi connectivity index (χ4n) is 4.92. The van der Waals surface area contributed by atoms with Crippen LogP contribution in [0.1, 0.15) is 42.3 Å². The number of halogens is 2. The van der Waals surface area contributed by atoms with E-state index < -0.39 is 10.0 Å². The van der Waals surface area contributed by atoms with E-state index in [-0.39, 0.29) is 28.9 Å². The van der Waals surface area contributed by atoms with Gasteiger partial charge < -0.3 is 10.1 Å². The lowest BCUT2D eigenvalue weighted by Gasteiger charge is -2.38. The van der Waals surface area contributed by atoms with Crippen molar-refractivity contribution >= 4 is 38.9 Å². The summed E-state index contributed by atoms with van der Waals surface area (Å²) in [4.78, 5) is 0.277. The second kappa shape index (κ2) is 8.41. The van der Waals surface area contributed by atoms with Crippen LogP contribution in [0.4, 0.5) is 5.69 Å². The van der Waals surface area contributed by atoms with Crippen LogP contribution in [0.5, 0.6) is 0 Å². The fraction of sp³-hybridized carbons (Fsp3) is 0.391. The van der Waals surface area contributed by atoms with Crippen molar-refractivity contribution in [2.24, 2.45) is 5.92 Å². The Morgan fingerprint density at radius 3 is 2.71 bits per heavy atom. The zero-order valence-corrected chi connectivity index (χ0v) is 19.2. The number of anilines is 1. The van der Waals surface area contributed by atoms with E-state index in [9.17, 15) is 8.42 Å². The van der Waals surface area contributed by atoms with Crippen molar-refractivity contribution < 1.29 is 13.2 Å². The van der Waals surface area contributed by atoms with Gasteiger partial charge in [0.25, 0.3) is 0 Å². The highest BCUT2D eigenvalue weighted by molar-refractivity contribution is 7.89. The first-order valence-electron chi connectivity index (χ1n) is 10.6. The average molecular weight is 479 g/mol. The molecule has 2 aromatic carbocycles. The van der Waals surface area contributed by atoms with Gasteiger partial charge in [-0.3, -0.25) is 0 Å². The average Bonchev–Trinajstić information content (AvgIpc) is 3.44. The van der Waals surface area contributed by atoms with Crippen molar-refractivity contribution in [1.29, 1.82) is 0 Å². The van der Waals surface area contributed by atoms with E-state index in [1.807, 2.05) is 24.3 Å². The summed E-state index contributed by atoms with van der Waals surface area (Å²) in [6.07, 6.45) is 7.01. The minimum Gasteiger partial charge on any atom is -0.378 e. The number of hydrogen-bond acceptors (Lipinski definition) is 4. The summed E-state index contributed by atoms with van der Waals surface area (Å²) in [5.74, 6) is 0.310. The quantitative estimate of drug-likeness (QED) is 0.573. The van der Waals surface area contributed by atoms with Crippen LogP contribution in [-0.2, 0) is 14.8 Å². The number of rotatable bonds is 5. The molecule has 0 aromatic heterocycles. The van der Waals surface area contributed by atoms with Gasteiger partial charge in [-0.15, -0.1) is 0 Å². The summed E-state index contributed by atoms with van der Waals surface area (Å²) in [6, 6.07) is 10.8. The van der Waals surface area contributed by atoms with Crippen molar-refractivity contribution in [3.8, 4) is 0 Å². The number of nitrogens with one attached hydrogen (secondary N) is 2. The van der Waals surface area contributed by atoms with Gasteiger partial charge in [-0.25, -0.2) is 13.1 Å². The molecular weight excluding hydrogens is 455 g/mol. The van der Waals surface area contributed by atoms with Crippen LogP contribution in [0.2, 0.25) is 10.0 Å². The predicted molar refractivity (Wildman–Crippen MR) is 123 cm³/mol. The van der Waals surface area contributed by atoms with Gasteiger partial charge in [0, 0.05) is 40.4 Å². The second-order valence-electron chi connectivity index (χ2n) is 8.35. The Bertz CT molecular complexity index is 1110. The summed E-state index contributed by atoms with van der Waals surface area (Å²) in [7, 11) is -3.61. The maximum Gasteiger partial charge on any atom is 0.240 e. The first kappa shape index (κ1) is 21.3. The predicted octanol–water partition coefficient (Wildman–Crippen LogP) is 5.28. The molecule has 31 heavy (non-hydrogen) atoms. The zero-order valence-electron chi connectivity index (χ0n) is 16.9. The van der Waals surface area contributed by atoms with Gasteiger partial charge >= 0.3 is 0 Å². The third-order valence-corrected chi connectivity index (χ3v) is 8.56. The minimum atomic E-state index is -3.61. The summed E-state index contributed by atoms with van der Waals surface area (Å²) in [6.45, 7) is 1.000. The molecule has 5 rings (SSSR count). The van der Waals surface area contributed by atoms with Crippen molar-refractivity contribution in [2.45, 2.75) is 42.2 Å². The third-order valence-electron chi connectivity index (χ3n) is 6.48. The number of benzene rings is 2. The van der Waals surface area contributed by atoms with Crippen LogP contribution in [0.15, 0.2) is 53.4 Å². The Balaban J connectivity index is 1.46. The molecule has 1 saturated heterocycles. The third kappa shape index (κ3) is 4.00. The van der Waals surface area contributed by atoms with Gasteiger partial charge in [-0.05, 0) is 61.1 Å². The molecule has 164 valence electrons. The Labute approximate surface area is 192 Å². The summed E-state index contributed by atoms with van der Waals surface area (Å²) in [5, 5.41) is 4.85. The highest BCUT2D eigenvalue weighted by Crippen LogP contribution is 2.52. The van der Waals surface area contributed by atoms with Gasteiger partial charge in [0.1, 0.15) is 0 Å². The number of allylic oxidation sites excluding steroid dienone is 2. The standard InChI is InChI=1S/C23H24Cl2N2O3S/c24-19-7-2-8-20(25)22(19)23-17-6-1-5-16(17)18-12-15(9-10-21(18)27-23)31(28,29)26-13-14-4-3-11-30-14/h1-2,5,7-10,12,14,16-17,23,26-27H,3-4,6,11,13H2. The highest BCUT2D eigenvalue weighted by atomic mass is 35.5. The molecule has 0 amide bonds. The number of fused-ring (bicyclic) bond motifs is 3. The maximum absolute atomic E-state index is 12.9.